The topological polar surface area (TPSA) is 32.9 Å². The second-order valence-electron chi connectivity index (χ2n) is 2.63. The van der Waals surface area contributed by atoms with Crippen LogP contribution in [0.5, 0.6) is 0 Å². The van der Waals surface area contributed by atoms with Crippen molar-refractivity contribution in [3.63, 3.8) is 0 Å². The number of alkyl halides is 3. The van der Waals surface area contributed by atoms with Gasteiger partial charge in [-0.2, -0.15) is 0 Å². The van der Waals surface area contributed by atoms with Crippen LogP contribution < -0.4 is 5.56 Å². The molecule has 72 valence electrons. The zero-order valence-electron chi connectivity index (χ0n) is 6.90. The van der Waals surface area contributed by atoms with Gasteiger partial charge in [0.2, 0.25) is 5.56 Å². The molecule has 13 heavy (non-hydrogen) atoms. The van der Waals surface area contributed by atoms with Crippen molar-refractivity contribution in [1.82, 2.24) is 4.98 Å². The second kappa shape index (κ2) is 4.00. The summed E-state index contributed by atoms with van der Waals surface area (Å²) in [6.07, 6.45) is -2.63. The Balaban J connectivity index is 3.36. The van der Waals surface area contributed by atoms with Crippen LogP contribution in [0, 0.1) is 6.92 Å². The number of nitrogens with one attached hydrogen (secondary N) is 1. The van der Waals surface area contributed by atoms with Gasteiger partial charge in [0.15, 0.2) is 0 Å². The van der Waals surface area contributed by atoms with E-state index >= 15 is 0 Å². The van der Waals surface area contributed by atoms with E-state index in [0.29, 0.717) is 16.5 Å². The zero-order chi connectivity index (χ0) is 10.0. The minimum absolute atomic E-state index is 0.290. The van der Waals surface area contributed by atoms with Gasteiger partial charge in [0, 0.05) is 11.4 Å². The predicted molar refractivity (Wildman–Crippen MR) is 49.4 cm³/mol. The minimum atomic E-state index is -2.63. The number of aromatic nitrogens is 1. The Hall–Kier alpha value is -0.710. The Morgan fingerprint density at radius 3 is 2.69 bits per heavy atom. The van der Waals surface area contributed by atoms with Crippen molar-refractivity contribution in [2.45, 2.75) is 18.7 Å². The molecule has 0 aromatic carbocycles. The maximum absolute atomic E-state index is 12.3. The summed E-state index contributed by atoms with van der Waals surface area (Å²) in [6.45, 7) is 1.56. The molecule has 0 saturated heterocycles. The fourth-order valence-corrected chi connectivity index (χ4v) is 1.64. The van der Waals surface area contributed by atoms with Gasteiger partial charge < -0.3 is 4.98 Å². The maximum atomic E-state index is 12.3. The highest BCUT2D eigenvalue weighted by atomic mass is 79.9. The van der Waals surface area contributed by atoms with Crippen LogP contribution in [0.15, 0.2) is 10.9 Å². The largest absolute Gasteiger partial charge is 0.321 e. The average Bonchev–Trinajstić information content (AvgIpc) is 2.08. The van der Waals surface area contributed by atoms with Gasteiger partial charge in [0.25, 0.3) is 6.43 Å². The lowest BCUT2D eigenvalue weighted by molar-refractivity contribution is 0.145. The van der Waals surface area contributed by atoms with E-state index in [1.54, 1.807) is 6.92 Å². The molecule has 0 spiro atoms. The highest BCUT2D eigenvalue weighted by molar-refractivity contribution is 9.08. The summed E-state index contributed by atoms with van der Waals surface area (Å²) in [5, 5.41) is 0.405. The van der Waals surface area contributed by atoms with Crippen LogP contribution in [0.1, 0.15) is 23.2 Å². The van der Waals surface area contributed by atoms with E-state index in [2.05, 4.69) is 20.9 Å². The number of aromatic amines is 1. The van der Waals surface area contributed by atoms with Crippen LogP contribution in [-0.2, 0) is 5.33 Å². The summed E-state index contributed by atoms with van der Waals surface area (Å²) in [5.41, 5.74) is 0.253. The smallest absolute Gasteiger partial charge is 0.278 e. The Morgan fingerprint density at radius 1 is 1.62 bits per heavy atom. The Labute approximate surface area is 82.1 Å². The standard InChI is InChI=1S/C8H8BrF2NO/c1-4-5(3-9)2-6(13)12-7(4)8(10)11/h2,8H,3H2,1H3,(H,12,13). The molecule has 1 N–H and O–H groups in total. The van der Waals surface area contributed by atoms with Crippen LogP contribution in [0.3, 0.4) is 0 Å². The zero-order valence-corrected chi connectivity index (χ0v) is 8.49. The van der Waals surface area contributed by atoms with Gasteiger partial charge in [-0.15, -0.1) is 0 Å². The van der Waals surface area contributed by atoms with Crippen LogP contribution in [0.25, 0.3) is 0 Å². The molecule has 0 bridgehead atoms. The molecule has 0 aliphatic heterocycles. The average molecular weight is 252 g/mol. The van der Waals surface area contributed by atoms with Gasteiger partial charge in [0.05, 0.1) is 5.69 Å². The van der Waals surface area contributed by atoms with E-state index in [9.17, 15) is 13.6 Å². The van der Waals surface area contributed by atoms with Crippen LogP contribution in [0.4, 0.5) is 8.78 Å². The molecule has 0 unspecified atom stereocenters. The van der Waals surface area contributed by atoms with Crippen molar-refractivity contribution in [3.8, 4) is 0 Å². The molecule has 1 aromatic heterocycles. The van der Waals surface area contributed by atoms with E-state index in [0.717, 1.165) is 0 Å². The SMILES string of the molecule is Cc1c(CBr)cc(=O)[nH]c1C(F)F. The molecule has 0 saturated carbocycles. The number of H-pyrrole nitrogens is 1. The quantitative estimate of drug-likeness (QED) is 0.806. The predicted octanol–water partition coefficient (Wildman–Crippen LogP) is 2.52. The van der Waals surface area contributed by atoms with Crippen molar-refractivity contribution in [2.75, 3.05) is 0 Å². The Morgan fingerprint density at radius 2 is 2.23 bits per heavy atom. The van der Waals surface area contributed by atoms with E-state index in [4.69, 9.17) is 0 Å². The molecule has 0 aliphatic carbocycles. The van der Waals surface area contributed by atoms with E-state index in [1.165, 1.54) is 6.07 Å². The summed E-state index contributed by atoms with van der Waals surface area (Å²) in [7, 11) is 0. The van der Waals surface area contributed by atoms with Gasteiger partial charge in [-0.05, 0) is 18.1 Å². The molecule has 1 aromatic rings. The first-order valence-electron chi connectivity index (χ1n) is 3.63. The summed E-state index contributed by atoms with van der Waals surface area (Å²) >= 11 is 3.13. The highest BCUT2D eigenvalue weighted by Crippen LogP contribution is 2.22. The molecule has 0 atom stereocenters. The third-order valence-electron chi connectivity index (χ3n) is 1.81. The minimum Gasteiger partial charge on any atom is -0.321 e. The van der Waals surface area contributed by atoms with Crippen molar-refractivity contribution in [3.05, 3.63) is 33.2 Å². The fraction of sp³-hybridized carbons (Fsp3) is 0.375. The summed E-state index contributed by atoms with van der Waals surface area (Å²) < 4.78 is 24.7. The third-order valence-corrected chi connectivity index (χ3v) is 2.42. The number of hydrogen-bond donors (Lipinski definition) is 1. The molecule has 0 fully saturated rings. The van der Waals surface area contributed by atoms with Gasteiger partial charge in [-0.1, -0.05) is 15.9 Å². The van der Waals surface area contributed by atoms with Crippen molar-refractivity contribution in [1.29, 1.82) is 0 Å². The second-order valence-corrected chi connectivity index (χ2v) is 3.19. The normalized spacial score (nSPS) is 10.8. The molecule has 0 amide bonds. The monoisotopic (exact) mass is 251 g/mol. The molecular formula is C8H8BrF2NO. The molecule has 0 radical (unpaired) electrons. The summed E-state index contributed by atoms with van der Waals surface area (Å²) in [5.74, 6) is 0. The van der Waals surface area contributed by atoms with Crippen LogP contribution in [-0.4, -0.2) is 4.98 Å². The van der Waals surface area contributed by atoms with E-state index in [-0.39, 0.29) is 5.69 Å². The lowest BCUT2D eigenvalue weighted by Crippen LogP contribution is -2.12. The first kappa shape index (κ1) is 10.4. The molecule has 1 rings (SSSR count). The Bertz CT molecular complexity index is 362. The molecule has 2 nitrogen and oxygen atoms in total. The summed E-state index contributed by atoms with van der Waals surface area (Å²) in [6, 6.07) is 1.32. The van der Waals surface area contributed by atoms with Crippen LogP contribution >= 0.6 is 15.9 Å². The molecule has 0 aliphatic rings. The maximum Gasteiger partial charge on any atom is 0.278 e. The first-order chi connectivity index (χ1) is 6.06. The van der Waals surface area contributed by atoms with Gasteiger partial charge in [-0.25, -0.2) is 8.78 Å². The van der Waals surface area contributed by atoms with E-state index < -0.39 is 12.0 Å². The number of rotatable bonds is 2. The lowest BCUT2D eigenvalue weighted by Gasteiger charge is -2.07. The van der Waals surface area contributed by atoms with Crippen molar-refractivity contribution < 1.29 is 8.78 Å². The lowest BCUT2D eigenvalue weighted by atomic mass is 10.1. The Kier molecular flexibility index (Phi) is 3.19. The van der Waals surface area contributed by atoms with E-state index in [1.807, 2.05) is 0 Å². The first-order valence-corrected chi connectivity index (χ1v) is 4.75. The number of pyridine rings is 1. The van der Waals surface area contributed by atoms with Gasteiger partial charge in [0.1, 0.15) is 0 Å². The van der Waals surface area contributed by atoms with Crippen LogP contribution in [0.2, 0.25) is 0 Å². The van der Waals surface area contributed by atoms with Crippen molar-refractivity contribution in [2.24, 2.45) is 0 Å². The number of hydrogen-bond acceptors (Lipinski definition) is 1. The number of halogens is 3. The molecule has 1 heterocycles. The molecule has 5 heteroatoms. The third kappa shape index (κ3) is 2.15. The highest BCUT2D eigenvalue weighted by Gasteiger charge is 2.14. The summed E-state index contributed by atoms with van der Waals surface area (Å²) in [4.78, 5) is 13.0. The molecular weight excluding hydrogens is 244 g/mol. The van der Waals surface area contributed by atoms with Gasteiger partial charge >= 0.3 is 0 Å². The van der Waals surface area contributed by atoms with Gasteiger partial charge in [-0.3, -0.25) is 4.79 Å². The fourth-order valence-electron chi connectivity index (χ4n) is 1.06. The van der Waals surface area contributed by atoms with Crippen molar-refractivity contribution >= 4 is 15.9 Å².